The van der Waals surface area contributed by atoms with E-state index in [1.807, 2.05) is 6.92 Å². The Labute approximate surface area is 91.4 Å². The van der Waals surface area contributed by atoms with Crippen molar-refractivity contribution in [2.24, 2.45) is 11.6 Å². The standard InChI is InChI=1S/C9H12N6O/c1-2-15-9-6(4-13-15)7(14-11)5(3-12-9)8(10)16/h3-4H,2,11H2,1H3,(H2,10,16)(H,12,14). The molecule has 2 heterocycles. The van der Waals surface area contributed by atoms with Crippen molar-refractivity contribution in [2.45, 2.75) is 13.5 Å². The van der Waals surface area contributed by atoms with Crippen molar-refractivity contribution < 1.29 is 4.79 Å². The van der Waals surface area contributed by atoms with Crippen molar-refractivity contribution in [1.29, 1.82) is 0 Å². The summed E-state index contributed by atoms with van der Waals surface area (Å²) in [6.45, 7) is 2.64. The molecule has 0 aliphatic heterocycles. The summed E-state index contributed by atoms with van der Waals surface area (Å²) in [7, 11) is 0. The highest BCUT2D eigenvalue weighted by atomic mass is 16.1. The Morgan fingerprint density at radius 1 is 1.56 bits per heavy atom. The molecule has 0 aliphatic carbocycles. The summed E-state index contributed by atoms with van der Waals surface area (Å²) in [5.41, 5.74) is 9.06. The molecule has 0 saturated carbocycles. The van der Waals surface area contributed by atoms with Gasteiger partial charge in [0.05, 0.1) is 22.8 Å². The second-order valence-electron chi connectivity index (χ2n) is 3.25. The van der Waals surface area contributed by atoms with Crippen LogP contribution in [0.1, 0.15) is 17.3 Å². The molecule has 2 rings (SSSR count). The maximum atomic E-state index is 11.2. The summed E-state index contributed by atoms with van der Waals surface area (Å²) in [4.78, 5) is 15.3. The first-order chi connectivity index (χ1) is 7.69. The molecule has 0 atom stereocenters. The van der Waals surface area contributed by atoms with E-state index in [4.69, 9.17) is 11.6 Å². The second kappa shape index (κ2) is 3.78. The predicted octanol–water partition coefficient (Wildman–Crippen LogP) is -0.164. The van der Waals surface area contributed by atoms with Crippen LogP contribution < -0.4 is 17.0 Å². The Morgan fingerprint density at radius 2 is 2.31 bits per heavy atom. The SMILES string of the molecule is CCn1ncc2c(NN)c(C(N)=O)cnc21. The molecule has 5 N–H and O–H groups in total. The smallest absolute Gasteiger partial charge is 0.252 e. The van der Waals surface area contributed by atoms with E-state index in [0.717, 1.165) is 0 Å². The van der Waals surface area contributed by atoms with Gasteiger partial charge in [0, 0.05) is 12.7 Å². The van der Waals surface area contributed by atoms with E-state index < -0.39 is 5.91 Å². The van der Waals surface area contributed by atoms with Crippen molar-refractivity contribution in [3.63, 3.8) is 0 Å². The molecule has 1 amide bonds. The number of pyridine rings is 1. The van der Waals surface area contributed by atoms with Gasteiger partial charge in [0.2, 0.25) is 0 Å². The fraction of sp³-hybridized carbons (Fsp3) is 0.222. The van der Waals surface area contributed by atoms with Crippen LogP contribution >= 0.6 is 0 Å². The van der Waals surface area contributed by atoms with Crippen LogP contribution in [0.2, 0.25) is 0 Å². The number of nitrogens with one attached hydrogen (secondary N) is 1. The van der Waals surface area contributed by atoms with Crippen molar-refractivity contribution in [3.8, 4) is 0 Å². The number of nitrogens with two attached hydrogens (primary N) is 2. The summed E-state index contributed by atoms with van der Waals surface area (Å²) >= 11 is 0. The van der Waals surface area contributed by atoms with E-state index >= 15 is 0 Å². The minimum Gasteiger partial charge on any atom is -0.365 e. The Balaban J connectivity index is 2.76. The highest BCUT2D eigenvalue weighted by molar-refractivity contribution is 6.05. The summed E-state index contributed by atoms with van der Waals surface area (Å²) in [5, 5.41) is 4.81. The van der Waals surface area contributed by atoms with Gasteiger partial charge in [-0.2, -0.15) is 5.10 Å². The zero-order valence-electron chi connectivity index (χ0n) is 8.77. The number of aryl methyl sites for hydroxylation is 1. The molecule has 0 bridgehead atoms. The minimum absolute atomic E-state index is 0.255. The quantitative estimate of drug-likeness (QED) is 0.491. The predicted molar refractivity (Wildman–Crippen MR) is 59.5 cm³/mol. The van der Waals surface area contributed by atoms with E-state index in [0.29, 0.717) is 23.3 Å². The van der Waals surface area contributed by atoms with Crippen LogP contribution in [0.5, 0.6) is 0 Å². The largest absolute Gasteiger partial charge is 0.365 e. The number of carbonyl (C=O) groups excluding carboxylic acids is 1. The van der Waals surface area contributed by atoms with E-state index in [1.165, 1.54) is 6.20 Å². The molecule has 84 valence electrons. The number of hydrazine groups is 1. The number of nitrogens with zero attached hydrogens (tertiary/aromatic N) is 3. The van der Waals surface area contributed by atoms with Gasteiger partial charge in [0.15, 0.2) is 5.65 Å². The maximum Gasteiger partial charge on any atom is 0.252 e. The second-order valence-corrected chi connectivity index (χ2v) is 3.25. The number of nitrogen functional groups attached to an aromatic ring is 1. The molecule has 2 aromatic rings. The van der Waals surface area contributed by atoms with Crippen LogP contribution in [0.3, 0.4) is 0 Å². The number of hydrogen-bond acceptors (Lipinski definition) is 5. The molecule has 7 heteroatoms. The van der Waals surface area contributed by atoms with Crippen molar-refractivity contribution >= 4 is 22.6 Å². The van der Waals surface area contributed by atoms with Crippen molar-refractivity contribution in [3.05, 3.63) is 18.0 Å². The molecular formula is C9H12N6O. The molecule has 7 nitrogen and oxygen atoms in total. The third-order valence-electron chi connectivity index (χ3n) is 2.38. The first-order valence-corrected chi connectivity index (χ1v) is 4.80. The zero-order chi connectivity index (χ0) is 11.7. The normalized spacial score (nSPS) is 10.6. The average molecular weight is 220 g/mol. The van der Waals surface area contributed by atoms with Gasteiger partial charge in [0.25, 0.3) is 5.91 Å². The van der Waals surface area contributed by atoms with E-state index in [2.05, 4.69) is 15.5 Å². The van der Waals surface area contributed by atoms with Gasteiger partial charge in [-0.05, 0) is 6.92 Å². The fourth-order valence-electron chi connectivity index (χ4n) is 1.60. The highest BCUT2D eigenvalue weighted by Gasteiger charge is 2.14. The minimum atomic E-state index is -0.577. The van der Waals surface area contributed by atoms with Gasteiger partial charge >= 0.3 is 0 Å². The van der Waals surface area contributed by atoms with Gasteiger partial charge in [-0.15, -0.1) is 0 Å². The van der Waals surface area contributed by atoms with Crippen LogP contribution in [0.15, 0.2) is 12.4 Å². The number of amides is 1. The lowest BCUT2D eigenvalue weighted by Gasteiger charge is -2.06. The van der Waals surface area contributed by atoms with E-state index in [-0.39, 0.29) is 5.56 Å². The number of hydrogen-bond donors (Lipinski definition) is 3. The molecule has 0 unspecified atom stereocenters. The average Bonchev–Trinajstić information content (AvgIpc) is 2.70. The van der Waals surface area contributed by atoms with E-state index in [9.17, 15) is 4.79 Å². The zero-order valence-corrected chi connectivity index (χ0v) is 8.77. The maximum absolute atomic E-state index is 11.2. The lowest BCUT2D eigenvalue weighted by molar-refractivity contribution is 0.100. The first kappa shape index (κ1) is 10.4. The van der Waals surface area contributed by atoms with Gasteiger partial charge < -0.3 is 11.2 Å². The number of anilines is 1. The van der Waals surface area contributed by atoms with E-state index in [1.54, 1.807) is 10.9 Å². The molecule has 0 radical (unpaired) electrons. The number of aromatic nitrogens is 3. The van der Waals surface area contributed by atoms with Gasteiger partial charge in [-0.3, -0.25) is 10.6 Å². The number of fused-ring (bicyclic) bond motifs is 1. The Bertz CT molecular complexity index is 546. The van der Waals surface area contributed by atoms with Crippen molar-refractivity contribution in [2.75, 3.05) is 5.43 Å². The molecular weight excluding hydrogens is 208 g/mol. The number of carbonyl (C=O) groups is 1. The third kappa shape index (κ3) is 1.38. The van der Waals surface area contributed by atoms with Crippen LogP contribution in [-0.4, -0.2) is 20.7 Å². The summed E-state index contributed by atoms with van der Waals surface area (Å²) in [5.74, 6) is 4.81. The lowest BCUT2D eigenvalue weighted by atomic mass is 10.2. The van der Waals surface area contributed by atoms with Crippen molar-refractivity contribution in [1.82, 2.24) is 14.8 Å². The number of rotatable bonds is 3. The molecule has 2 aromatic heterocycles. The van der Waals surface area contributed by atoms with Crippen LogP contribution in [-0.2, 0) is 6.54 Å². The van der Waals surface area contributed by atoms with Crippen LogP contribution in [0.25, 0.3) is 11.0 Å². The van der Waals surface area contributed by atoms with Gasteiger partial charge in [0.1, 0.15) is 0 Å². The van der Waals surface area contributed by atoms with Crippen LogP contribution in [0, 0.1) is 0 Å². The topological polar surface area (TPSA) is 112 Å². The monoisotopic (exact) mass is 220 g/mol. The Hall–Kier alpha value is -2.15. The number of primary amides is 1. The molecule has 0 spiro atoms. The molecule has 0 saturated heterocycles. The lowest BCUT2D eigenvalue weighted by Crippen LogP contribution is -2.18. The third-order valence-corrected chi connectivity index (χ3v) is 2.38. The summed E-state index contributed by atoms with van der Waals surface area (Å²) < 4.78 is 1.71. The molecule has 0 aromatic carbocycles. The molecule has 0 fully saturated rings. The Kier molecular flexibility index (Phi) is 2.45. The first-order valence-electron chi connectivity index (χ1n) is 4.80. The van der Waals surface area contributed by atoms with Gasteiger partial charge in [-0.1, -0.05) is 0 Å². The summed E-state index contributed by atoms with van der Waals surface area (Å²) in [6, 6.07) is 0. The highest BCUT2D eigenvalue weighted by Crippen LogP contribution is 2.24. The fourth-order valence-corrected chi connectivity index (χ4v) is 1.60. The molecule has 0 aliphatic rings. The molecule has 16 heavy (non-hydrogen) atoms. The summed E-state index contributed by atoms with van der Waals surface area (Å²) in [6.07, 6.45) is 3.00. The van der Waals surface area contributed by atoms with Gasteiger partial charge in [-0.25, -0.2) is 9.67 Å². The van der Waals surface area contributed by atoms with Crippen LogP contribution in [0.4, 0.5) is 5.69 Å². The Morgan fingerprint density at radius 3 is 2.88 bits per heavy atom.